The van der Waals surface area contributed by atoms with E-state index in [1.54, 1.807) is 0 Å². The molecule has 0 saturated carbocycles. The molecule has 0 aliphatic carbocycles. The van der Waals surface area contributed by atoms with E-state index in [1.165, 1.54) is 37.9 Å². The van der Waals surface area contributed by atoms with Crippen LogP contribution in [0.3, 0.4) is 0 Å². The molecule has 0 bridgehead atoms. The van der Waals surface area contributed by atoms with E-state index in [2.05, 4.69) is 55.3 Å². The van der Waals surface area contributed by atoms with Crippen molar-refractivity contribution in [2.24, 2.45) is 0 Å². The van der Waals surface area contributed by atoms with Crippen LogP contribution in [0.15, 0.2) is 24.3 Å². The quantitative estimate of drug-likeness (QED) is 0.899. The first-order chi connectivity index (χ1) is 10.1. The van der Waals surface area contributed by atoms with Crippen LogP contribution < -0.4 is 10.1 Å². The topological polar surface area (TPSA) is 24.5 Å². The summed E-state index contributed by atoms with van der Waals surface area (Å²) in [7, 11) is 0. The Morgan fingerprint density at radius 1 is 1.14 bits per heavy atom. The molecule has 1 aromatic carbocycles. The summed E-state index contributed by atoms with van der Waals surface area (Å²) in [6, 6.07) is 10.2. The summed E-state index contributed by atoms with van der Waals surface area (Å²) in [5.41, 5.74) is 1.28. The van der Waals surface area contributed by atoms with E-state index < -0.39 is 0 Å². The summed E-state index contributed by atoms with van der Waals surface area (Å²) >= 11 is 0. The number of hydrogen-bond acceptors (Lipinski definition) is 3. The predicted molar refractivity (Wildman–Crippen MR) is 86.8 cm³/mol. The average molecular weight is 288 g/mol. The van der Waals surface area contributed by atoms with E-state index >= 15 is 0 Å². The number of nitrogens with zero attached hydrogens (tertiary/aromatic N) is 1. The van der Waals surface area contributed by atoms with Crippen LogP contribution in [0.4, 0.5) is 0 Å². The molecule has 0 spiro atoms. The van der Waals surface area contributed by atoms with Crippen LogP contribution in [0.25, 0.3) is 0 Å². The van der Waals surface area contributed by atoms with Crippen molar-refractivity contribution in [2.45, 2.75) is 64.3 Å². The van der Waals surface area contributed by atoms with Crippen molar-refractivity contribution in [1.29, 1.82) is 0 Å². The van der Waals surface area contributed by atoms with Gasteiger partial charge in [0, 0.05) is 30.2 Å². The van der Waals surface area contributed by atoms with Crippen molar-refractivity contribution in [2.75, 3.05) is 13.1 Å². The largest absolute Gasteiger partial charge is 0.491 e. The molecule has 3 rings (SSSR count). The van der Waals surface area contributed by atoms with Gasteiger partial charge in [-0.3, -0.25) is 4.90 Å². The van der Waals surface area contributed by atoms with Crippen LogP contribution in [0.1, 0.15) is 51.6 Å². The minimum atomic E-state index is 0.218. The highest BCUT2D eigenvalue weighted by atomic mass is 16.5. The lowest BCUT2D eigenvalue weighted by Crippen LogP contribution is -2.40. The standard InChI is InChI=1S/C18H28N2O/c1-13(2)21-18-9-5-4-7-15(18)14(3)19-16-10-12-20-11-6-8-17(16)20/h4-5,7,9,13-14,16-17,19H,6,8,10-12H2,1-3H3. The fourth-order valence-electron chi connectivity index (χ4n) is 3.89. The number of fused-ring (bicyclic) bond motifs is 1. The summed E-state index contributed by atoms with van der Waals surface area (Å²) < 4.78 is 5.97. The average Bonchev–Trinajstić information content (AvgIpc) is 3.03. The van der Waals surface area contributed by atoms with Crippen LogP contribution in [0.2, 0.25) is 0 Å². The lowest BCUT2D eigenvalue weighted by molar-refractivity contribution is 0.236. The normalized spacial score (nSPS) is 27.0. The van der Waals surface area contributed by atoms with Gasteiger partial charge in [-0.05, 0) is 52.6 Å². The Morgan fingerprint density at radius 2 is 1.95 bits per heavy atom. The van der Waals surface area contributed by atoms with Crippen LogP contribution in [-0.2, 0) is 0 Å². The monoisotopic (exact) mass is 288 g/mol. The van der Waals surface area contributed by atoms with Crippen molar-refractivity contribution in [3.8, 4) is 5.75 Å². The zero-order valence-electron chi connectivity index (χ0n) is 13.5. The van der Waals surface area contributed by atoms with E-state index in [1.807, 2.05) is 0 Å². The van der Waals surface area contributed by atoms with Gasteiger partial charge < -0.3 is 10.1 Å². The molecule has 0 radical (unpaired) electrons. The van der Waals surface area contributed by atoms with Gasteiger partial charge in [0.15, 0.2) is 0 Å². The fourth-order valence-corrected chi connectivity index (χ4v) is 3.89. The molecule has 2 aliphatic heterocycles. The van der Waals surface area contributed by atoms with Crippen molar-refractivity contribution in [1.82, 2.24) is 10.2 Å². The highest BCUT2D eigenvalue weighted by Crippen LogP contribution is 2.31. The second kappa shape index (κ2) is 6.37. The summed E-state index contributed by atoms with van der Waals surface area (Å²) in [5, 5.41) is 3.86. The third-order valence-electron chi connectivity index (χ3n) is 4.82. The molecular weight excluding hydrogens is 260 g/mol. The lowest BCUT2D eigenvalue weighted by Gasteiger charge is -2.26. The summed E-state index contributed by atoms with van der Waals surface area (Å²) in [5.74, 6) is 1.02. The second-order valence-electron chi connectivity index (χ2n) is 6.73. The SMILES string of the molecule is CC(C)Oc1ccccc1C(C)NC1CCN2CCCC12. The molecule has 0 amide bonds. The molecule has 2 fully saturated rings. The van der Waals surface area contributed by atoms with E-state index in [0.29, 0.717) is 12.1 Å². The summed E-state index contributed by atoms with van der Waals surface area (Å²) in [6.45, 7) is 8.99. The maximum Gasteiger partial charge on any atom is 0.124 e. The molecule has 3 unspecified atom stereocenters. The maximum absolute atomic E-state index is 5.97. The Morgan fingerprint density at radius 3 is 2.76 bits per heavy atom. The first-order valence-corrected chi connectivity index (χ1v) is 8.41. The maximum atomic E-state index is 5.97. The van der Waals surface area contributed by atoms with Gasteiger partial charge >= 0.3 is 0 Å². The van der Waals surface area contributed by atoms with Gasteiger partial charge in [-0.15, -0.1) is 0 Å². The van der Waals surface area contributed by atoms with Gasteiger partial charge in [-0.1, -0.05) is 18.2 Å². The van der Waals surface area contributed by atoms with Crippen LogP contribution in [-0.4, -0.2) is 36.2 Å². The number of ether oxygens (including phenoxy) is 1. The molecular formula is C18H28N2O. The first-order valence-electron chi connectivity index (χ1n) is 8.41. The third kappa shape index (κ3) is 3.24. The third-order valence-corrected chi connectivity index (χ3v) is 4.82. The summed E-state index contributed by atoms with van der Waals surface area (Å²) in [4.78, 5) is 2.65. The Balaban J connectivity index is 1.69. The smallest absolute Gasteiger partial charge is 0.124 e. The number of nitrogens with one attached hydrogen (secondary N) is 1. The fraction of sp³-hybridized carbons (Fsp3) is 0.667. The molecule has 2 saturated heterocycles. The van der Waals surface area contributed by atoms with Gasteiger partial charge in [0.25, 0.3) is 0 Å². The molecule has 3 atom stereocenters. The highest BCUT2D eigenvalue weighted by molar-refractivity contribution is 5.36. The molecule has 116 valence electrons. The van der Waals surface area contributed by atoms with E-state index in [0.717, 1.165) is 11.8 Å². The molecule has 3 heteroatoms. The zero-order valence-corrected chi connectivity index (χ0v) is 13.5. The molecule has 1 aromatic rings. The van der Waals surface area contributed by atoms with Gasteiger partial charge in [0.1, 0.15) is 5.75 Å². The van der Waals surface area contributed by atoms with Gasteiger partial charge in [0.05, 0.1) is 6.10 Å². The van der Waals surface area contributed by atoms with Crippen molar-refractivity contribution >= 4 is 0 Å². The van der Waals surface area contributed by atoms with Crippen LogP contribution in [0, 0.1) is 0 Å². The van der Waals surface area contributed by atoms with E-state index in [9.17, 15) is 0 Å². The number of para-hydroxylation sites is 1. The Kier molecular flexibility index (Phi) is 4.51. The molecule has 2 heterocycles. The summed E-state index contributed by atoms with van der Waals surface area (Å²) in [6.07, 6.45) is 4.22. The van der Waals surface area contributed by atoms with Gasteiger partial charge in [0.2, 0.25) is 0 Å². The Bertz CT molecular complexity index is 474. The zero-order chi connectivity index (χ0) is 14.8. The van der Waals surface area contributed by atoms with Crippen molar-refractivity contribution in [3.63, 3.8) is 0 Å². The van der Waals surface area contributed by atoms with E-state index in [-0.39, 0.29) is 6.10 Å². The first kappa shape index (κ1) is 14.9. The van der Waals surface area contributed by atoms with Gasteiger partial charge in [-0.2, -0.15) is 0 Å². The number of benzene rings is 1. The predicted octanol–water partition coefficient (Wildman–Crippen LogP) is 3.36. The molecule has 0 aromatic heterocycles. The van der Waals surface area contributed by atoms with Crippen LogP contribution in [0.5, 0.6) is 5.75 Å². The molecule has 21 heavy (non-hydrogen) atoms. The number of rotatable bonds is 5. The Labute approximate surface area is 128 Å². The minimum absolute atomic E-state index is 0.218. The molecule has 3 nitrogen and oxygen atoms in total. The minimum Gasteiger partial charge on any atom is -0.491 e. The molecule has 2 aliphatic rings. The van der Waals surface area contributed by atoms with Gasteiger partial charge in [-0.25, -0.2) is 0 Å². The van der Waals surface area contributed by atoms with Crippen molar-refractivity contribution in [3.05, 3.63) is 29.8 Å². The highest BCUT2D eigenvalue weighted by Gasteiger charge is 2.37. The molecule has 1 N–H and O–H groups in total. The Hall–Kier alpha value is -1.06. The number of hydrogen-bond donors (Lipinski definition) is 1. The van der Waals surface area contributed by atoms with Crippen LogP contribution >= 0.6 is 0 Å². The van der Waals surface area contributed by atoms with Crippen molar-refractivity contribution < 1.29 is 4.74 Å². The lowest BCUT2D eigenvalue weighted by atomic mass is 10.0. The second-order valence-corrected chi connectivity index (χ2v) is 6.73. The van der Waals surface area contributed by atoms with E-state index in [4.69, 9.17) is 4.74 Å².